The summed E-state index contributed by atoms with van der Waals surface area (Å²) in [5.74, 6) is -0.911. The van der Waals surface area contributed by atoms with E-state index in [2.05, 4.69) is 20.7 Å². The zero-order chi connectivity index (χ0) is 21.4. The second-order valence-electron chi connectivity index (χ2n) is 7.13. The highest BCUT2D eigenvalue weighted by molar-refractivity contribution is 9.10. The number of benzene rings is 2. The van der Waals surface area contributed by atoms with Gasteiger partial charge >= 0.3 is 5.97 Å². The number of nitrogens with one attached hydrogen (secondary N) is 1. The third-order valence-electron chi connectivity index (χ3n) is 5.39. The molecular formula is C21H20BrFN2O4S. The van der Waals surface area contributed by atoms with Crippen LogP contribution in [0.1, 0.15) is 35.2 Å². The molecule has 2 atom stereocenters. The number of methoxy groups -OCH3 is 1. The van der Waals surface area contributed by atoms with Gasteiger partial charge in [0.05, 0.1) is 31.1 Å². The molecule has 2 aliphatic rings. The fourth-order valence-electron chi connectivity index (χ4n) is 4.00. The number of esters is 1. The van der Waals surface area contributed by atoms with E-state index < -0.39 is 5.97 Å². The third-order valence-corrected chi connectivity index (χ3v) is 7.20. The van der Waals surface area contributed by atoms with Crippen molar-refractivity contribution < 1.29 is 23.5 Å². The second-order valence-corrected chi connectivity index (χ2v) is 8.83. The van der Waals surface area contributed by atoms with Crippen LogP contribution in [0, 0.1) is 5.82 Å². The largest absolute Gasteiger partial charge is 0.465 e. The highest BCUT2D eigenvalue weighted by atomic mass is 79.9. The molecule has 0 spiro atoms. The van der Waals surface area contributed by atoms with Crippen LogP contribution < -0.4 is 9.62 Å². The number of amides is 1. The number of rotatable bonds is 4. The van der Waals surface area contributed by atoms with Crippen LogP contribution in [-0.4, -0.2) is 38.2 Å². The molecule has 158 valence electrons. The molecule has 1 amide bonds. The van der Waals surface area contributed by atoms with Gasteiger partial charge in [-0.25, -0.2) is 9.18 Å². The van der Waals surface area contributed by atoms with Crippen LogP contribution in [0.3, 0.4) is 0 Å². The first kappa shape index (κ1) is 21.1. The zero-order valence-corrected chi connectivity index (χ0v) is 18.8. The maximum atomic E-state index is 13.4. The number of anilines is 2. The van der Waals surface area contributed by atoms with Crippen LogP contribution in [0.15, 0.2) is 39.7 Å². The number of carbonyl (C=O) groups is 2. The third kappa shape index (κ3) is 3.81. The van der Waals surface area contributed by atoms with Crippen molar-refractivity contribution >= 4 is 51.1 Å². The Morgan fingerprint density at radius 2 is 2.13 bits per heavy atom. The molecular weight excluding hydrogens is 475 g/mol. The standard InChI is InChI=1S/C21H20BrFN2O4S/c1-11(26)25-10-17-13(7-8-29-17)14-4-5-16(19(20(14)25)21(27)28-2)24-30-18-6-3-12(23)9-15(18)22/h3-6,9,13,17,24H,7-8,10H2,1-2H3. The molecule has 0 radical (unpaired) electrons. The van der Waals surface area contributed by atoms with E-state index >= 15 is 0 Å². The number of hydrogen-bond acceptors (Lipinski definition) is 6. The van der Waals surface area contributed by atoms with Crippen molar-refractivity contribution in [1.29, 1.82) is 0 Å². The van der Waals surface area contributed by atoms with Gasteiger partial charge in [-0.15, -0.1) is 0 Å². The zero-order valence-electron chi connectivity index (χ0n) is 16.4. The van der Waals surface area contributed by atoms with Crippen LogP contribution in [-0.2, 0) is 14.3 Å². The Hall–Kier alpha value is -2.10. The Morgan fingerprint density at radius 3 is 2.83 bits per heavy atom. The van der Waals surface area contributed by atoms with Gasteiger partial charge in [0.1, 0.15) is 11.4 Å². The maximum Gasteiger partial charge on any atom is 0.342 e. The smallest absolute Gasteiger partial charge is 0.342 e. The van der Waals surface area contributed by atoms with Gasteiger partial charge in [0.15, 0.2) is 0 Å². The van der Waals surface area contributed by atoms with E-state index in [9.17, 15) is 14.0 Å². The topological polar surface area (TPSA) is 67.9 Å². The van der Waals surface area contributed by atoms with Crippen LogP contribution in [0.2, 0.25) is 0 Å². The fraction of sp³-hybridized carbons (Fsp3) is 0.333. The molecule has 6 nitrogen and oxygen atoms in total. The van der Waals surface area contributed by atoms with E-state index in [1.54, 1.807) is 11.0 Å². The van der Waals surface area contributed by atoms with E-state index in [-0.39, 0.29) is 23.7 Å². The van der Waals surface area contributed by atoms with Gasteiger partial charge in [0.2, 0.25) is 5.91 Å². The van der Waals surface area contributed by atoms with Crippen molar-refractivity contribution in [3.8, 4) is 0 Å². The van der Waals surface area contributed by atoms with Crippen molar-refractivity contribution in [3.63, 3.8) is 0 Å². The van der Waals surface area contributed by atoms with Crippen molar-refractivity contribution in [2.45, 2.75) is 30.3 Å². The minimum atomic E-state index is -0.531. The summed E-state index contributed by atoms with van der Waals surface area (Å²) in [6.07, 6.45) is 0.768. The molecule has 2 aliphatic heterocycles. The summed E-state index contributed by atoms with van der Waals surface area (Å²) >= 11 is 4.57. The van der Waals surface area contributed by atoms with Crippen molar-refractivity contribution in [3.05, 3.63) is 51.7 Å². The quantitative estimate of drug-likeness (QED) is 0.489. The Morgan fingerprint density at radius 1 is 1.33 bits per heavy atom. The highest BCUT2D eigenvalue weighted by Gasteiger charge is 2.41. The lowest BCUT2D eigenvalue weighted by atomic mass is 9.85. The van der Waals surface area contributed by atoms with E-state index in [0.717, 1.165) is 16.9 Å². The van der Waals surface area contributed by atoms with Crippen molar-refractivity contribution in [2.24, 2.45) is 0 Å². The van der Waals surface area contributed by atoms with Gasteiger partial charge in [0, 0.05) is 28.8 Å². The Balaban J connectivity index is 1.77. The van der Waals surface area contributed by atoms with Gasteiger partial charge in [-0.3, -0.25) is 4.79 Å². The summed E-state index contributed by atoms with van der Waals surface area (Å²) in [7, 11) is 1.32. The minimum absolute atomic E-state index is 0.0738. The van der Waals surface area contributed by atoms with Crippen molar-refractivity contribution in [1.82, 2.24) is 0 Å². The molecule has 9 heteroatoms. The molecule has 1 fully saturated rings. The summed E-state index contributed by atoms with van der Waals surface area (Å²) in [6, 6.07) is 8.12. The molecule has 0 saturated carbocycles. The molecule has 1 saturated heterocycles. The number of nitrogens with zero attached hydrogens (tertiary/aromatic N) is 1. The molecule has 0 aromatic heterocycles. The lowest BCUT2D eigenvalue weighted by Crippen LogP contribution is -2.43. The summed E-state index contributed by atoms with van der Waals surface area (Å²) in [5, 5.41) is 0. The number of hydrogen-bond donors (Lipinski definition) is 1. The van der Waals surface area contributed by atoms with Crippen molar-refractivity contribution in [2.75, 3.05) is 29.9 Å². The molecule has 0 bridgehead atoms. The first-order valence-electron chi connectivity index (χ1n) is 9.43. The first-order valence-corrected chi connectivity index (χ1v) is 11.0. The van der Waals surface area contributed by atoms with Gasteiger partial charge in [-0.2, -0.15) is 0 Å². The van der Waals surface area contributed by atoms with Crippen LogP contribution in [0.25, 0.3) is 0 Å². The van der Waals surface area contributed by atoms with Crippen LogP contribution >= 0.6 is 27.9 Å². The van der Waals surface area contributed by atoms with E-state index in [1.807, 2.05) is 12.1 Å². The Kier molecular flexibility index (Phi) is 6.04. The molecule has 4 rings (SSSR count). The van der Waals surface area contributed by atoms with E-state index in [0.29, 0.717) is 34.6 Å². The Bertz CT molecular complexity index is 1020. The fourth-order valence-corrected chi connectivity index (χ4v) is 5.28. The van der Waals surface area contributed by atoms with Gasteiger partial charge < -0.3 is 19.1 Å². The number of halogens is 2. The average Bonchev–Trinajstić information content (AvgIpc) is 3.20. The molecule has 2 unspecified atom stereocenters. The first-order chi connectivity index (χ1) is 14.4. The van der Waals surface area contributed by atoms with Gasteiger partial charge in [-0.1, -0.05) is 6.07 Å². The van der Waals surface area contributed by atoms with E-state index in [1.165, 1.54) is 38.1 Å². The van der Waals surface area contributed by atoms with E-state index in [4.69, 9.17) is 9.47 Å². The Labute approximate surface area is 186 Å². The lowest BCUT2D eigenvalue weighted by molar-refractivity contribution is -0.117. The monoisotopic (exact) mass is 494 g/mol. The molecule has 1 N–H and O–H groups in total. The molecule has 2 aromatic carbocycles. The lowest BCUT2D eigenvalue weighted by Gasteiger charge is -2.37. The molecule has 0 aliphatic carbocycles. The SMILES string of the molecule is COC(=O)c1c(NSc2ccc(F)cc2Br)ccc2c1N(C(C)=O)CC1OCCC21. The minimum Gasteiger partial charge on any atom is -0.465 e. The molecule has 2 aromatic rings. The van der Waals surface area contributed by atoms with Crippen LogP contribution in [0.5, 0.6) is 0 Å². The summed E-state index contributed by atoms with van der Waals surface area (Å²) in [6.45, 7) is 2.50. The highest BCUT2D eigenvalue weighted by Crippen LogP contribution is 2.46. The maximum absolute atomic E-state index is 13.4. The number of ether oxygens (including phenoxy) is 2. The summed E-state index contributed by atoms with van der Waals surface area (Å²) in [4.78, 5) is 27.6. The molecule has 2 heterocycles. The van der Waals surface area contributed by atoms with Crippen LogP contribution in [0.4, 0.5) is 15.8 Å². The van der Waals surface area contributed by atoms with Gasteiger partial charge in [0.25, 0.3) is 0 Å². The predicted molar refractivity (Wildman–Crippen MR) is 116 cm³/mol. The predicted octanol–water partition coefficient (Wildman–Crippen LogP) is 4.73. The summed E-state index contributed by atoms with van der Waals surface area (Å²) < 4.78 is 28.0. The average molecular weight is 495 g/mol. The number of carbonyl (C=O) groups excluding carboxylic acids is 2. The normalized spacial score (nSPS) is 19.8. The number of fused-ring (bicyclic) bond motifs is 3. The summed E-state index contributed by atoms with van der Waals surface area (Å²) in [5.41, 5.74) is 2.31. The van der Waals surface area contributed by atoms with Gasteiger partial charge in [-0.05, 0) is 64.1 Å². The molecule has 30 heavy (non-hydrogen) atoms. The second kappa shape index (κ2) is 8.56.